The predicted molar refractivity (Wildman–Crippen MR) is 107 cm³/mol. The van der Waals surface area contributed by atoms with Gasteiger partial charge in [-0.25, -0.2) is 0 Å². The number of benzene rings is 1. The number of fused-ring (bicyclic) bond motifs is 1. The summed E-state index contributed by atoms with van der Waals surface area (Å²) in [6.07, 6.45) is 6.74. The zero-order valence-corrected chi connectivity index (χ0v) is 16.5. The van der Waals surface area contributed by atoms with Crippen molar-refractivity contribution in [3.05, 3.63) is 35.4 Å². The van der Waals surface area contributed by atoms with E-state index in [-0.39, 0.29) is 11.9 Å². The molecule has 1 aromatic carbocycles. The van der Waals surface area contributed by atoms with Crippen LogP contribution in [0.25, 0.3) is 0 Å². The lowest BCUT2D eigenvalue weighted by atomic mass is 9.98. The third-order valence-electron chi connectivity index (χ3n) is 6.09. The lowest BCUT2D eigenvalue weighted by Crippen LogP contribution is -2.52. The van der Waals surface area contributed by atoms with Gasteiger partial charge < -0.3 is 5.32 Å². The number of nitrogens with one attached hydrogen (secondary N) is 1. The Labute approximate surface area is 158 Å². The first-order valence-corrected chi connectivity index (χ1v) is 10.6. The minimum Gasteiger partial charge on any atom is -0.353 e. The largest absolute Gasteiger partial charge is 0.353 e. The maximum Gasteiger partial charge on any atom is 0.237 e. The van der Waals surface area contributed by atoms with Crippen LogP contribution in [0, 0.1) is 0 Å². The number of hydrogen-bond acceptors (Lipinski definition) is 3. The number of carbonyl (C=O) groups excluding carboxylic acids is 1. The van der Waals surface area contributed by atoms with E-state index in [1.807, 2.05) is 0 Å². The van der Waals surface area contributed by atoms with E-state index in [1.54, 1.807) is 0 Å². The highest BCUT2D eigenvalue weighted by atomic mass is 16.2. The third-order valence-corrected chi connectivity index (χ3v) is 6.09. The van der Waals surface area contributed by atoms with Crippen LogP contribution in [0.4, 0.5) is 0 Å². The Hall–Kier alpha value is -1.39. The molecule has 3 rings (SSSR count). The monoisotopic (exact) mass is 357 g/mol. The molecule has 1 fully saturated rings. The third kappa shape index (κ3) is 4.66. The van der Waals surface area contributed by atoms with Crippen LogP contribution in [0.3, 0.4) is 0 Å². The van der Waals surface area contributed by atoms with E-state index in [1.165, 1.54) is 24.0 Å². The Kier molecular flexibility index (Phi) is 7.09. The number of hydrogen-bond donors (Lipinski definition) is 1. The summed E-state index contributed by atoms with van der Waals surface area (Å²) in [4.78, 5) is 17.7. The lowest BCUT2D eigenvalue weighted by Gasteiger charge is -2.37. The van der Waals surface area contributed by atoms with Crippen LogP contribution in [0.15, 0.2) is 24.3 Å². The molecule has 144 valence electrons. The molecule has 4 heteroatoms. The number of rotatable bonds is 7. The quantitative estimate of drug-likeness (QED) is 0.814. The zero-order chi connectivity index (χ0) is 18.4. The van der Waals surface area contributed by atoms with Crippen LogP contribution in [0.5, 0.6) is 0 Å². The molecule has 0 bridgehead atoms. The molecule has 2 unspecified atom stereocenters. The molecule has 2 aliphatic rings. The van der Waals surface area contributed by atoms with Gasteiger partial charge in [0, 0.05) is 25.7 Å². The fraction of sp³-hybridized carbons (Fsp3) is 0.682. The molecule has 1 N–H and O–H groups in total. The second-order valence-electron chi connectivity index (χ2n) is 7.84. The van der Waals surface area contributed by atoms with Gasteiger partial charge in [-0.3, -0.25) is 14.6 Å². The SMILES string of the molecule is CCCN1CCCCC1C(=O)NCC(CC)N1CCc2ccccc2C1. The zero-order valence-electron chi connectivity index (χ0n) is 16.5. The van der Waals surface area contributed by atoms with Gasteiger partial charge in [0.05, 0.1) is 6.04 Å². The van der Waals surface area contributed by atoms with Gasteiger partial charge in [0.1, 0.15) is 0 Å². The van der Waals surface area contributed by atoms with Crippen molar-refractivity contribution in [2.75, 3.05) is 26.2 Å². The first-order chi connectivity index (χ1) is 12.7. The summed E-state index contributed by atoms with van der Waals surface area (Å²) >= 11 is 0. The molecule has 2 aliphatic heterocycles. The molecule has 0 spiro atoms. The first kappa shape index (κ1) is 19.4. The summed E-state index contributed by atoms with van der Waals surface area (Å²) < 4.78 is 0. The number of carbonyl (C=O) groups is 1. The minimum atomic E-state index is 0.0864. The Morgan fingerprint density at radius 3 is 2.77 bits per heavy atom. The van der Waals surface area contributed by atoms with Crippen LogP contribution in [-0.2, 0) is 17.8 Å². The normalized spacial score (nSPS) is 22.6. The van der Waals surface area contributed by atoms with E-state index >= 15 is 0 Å². The molecule has 2 heterocycles. The second kappa shape index (κ2) is 9.52. The van der Waals surface area contributed by atoms with Crippen molar-refractivity contribution in [3.8, 4) is 0 Å². The Balaban J connectivity index is 1.54. The summed E-state index contributed by atoms with van der Waals surface area (Å²) in [6.45, 7) is 9.43. The van der Waals surface area contributed by atoms with Gasteiger partial charge in [0.2, 0.25) is 5.91 Å². The summed E-state index contributed by atoms with van der Waals surface area (Å²) in [7, 11) is 0. The van der Waals surface area contributed by atoms with Crippen molar-refractivity contribution in [3.63, 3.8) is 0 Å². The van der Waals surface area contributed by atoms with Crippen LogP contribution in [0.2, 0.25) is 0 Å². The Morgan fingerprint density at radius 1 is 1.19 bits per heavy atom. The van der Waals surface area contributed by atoms with Crippen molar-refractivity contribution in [2.24, 2.45) is 0 Å². The van der Waals surface area contributed by atoms with Crippen molar-refractivity contribution in [1.29, 1.82) is 0 Å². The molecule has 1 saturated heterocycles. The molecule has 0 aromatic heterocycles. The van der Waals surface area contributed by atoms with Crippen LogP contribution in [0.1, 0.15) is 57.1 Å². The van der Waals surface area contributed by atoms with Gasteiger partial charge in [-0.1, -0.05) is 44.5 Å². The van der Waals surface area contributed by atoms with E-state index < -0.39 is 0 Å². The number of likely N-dealkylation sites (tertiary alicyclic amines) is 1. The van der Waals surface area contributed by atoms with Gasteiger partial charge in [0.15, 0.2) is 0 Å². The average Bonchev–Trinajstić information content (AvgIpc) is 2.69. The van der Waals surface area contributed by atoms with Crippen LogP contribution >= 0.6 is 0 Å². The molecular formula is C22H35N3O. The minimum absolute atomic E-state index is 0.0864. The summed E-state index contributed by atoms with van der Waals surface area (Å²) in [5.41, 5.74) is 2.94. The maximum absolute atomic E-state index is 12.8. The van der Waals surface area contributed by atoms with Crippen molar-refractivity contribution < 1.29 is 4.79 Å². The molecular weight excluding hydrogens is 322 g/mol. The standard InChI is InChI=1S/C22H35N3O/c1-3-13-24-14-8-7-11-21(24)22(26)23-16-20(4-2)25-15-12-18-9-5-6-10-19(18)17-25/h5-6,9-10,20-21H,3-4,7-8,11-17H2,1-2H3,(H,23,26). The van der Waals surface area contributed by atoms with Crippen molar-refractivity contribution in [2.45, 2.75) is 71.0 Å². The Morgan fingerprint density at radius 2 is 2.00 bits per heavy atom. The molecule has 0 saturated carbocycles. The van der Waals surface area contributed by atoms with Gasteiger partial charge in [-0.2, -0.15) is 0 Å². The highest BCUT2D eigenvalue weighted by Gasteiger charge is 2.29. The Bertz CT molecular complexity index is 587. The summed E-state index contributed by atoms with van der Waals surface area (Å²) in [5, 5.41) is 3.29. The molecule has 1 aromatic rings. The summed E-state index contributed by atoms with van der Waals surface area (Å²) in [6, 6.07) is 9.28. The number of nitrogens with zero attached hydrogens (tertiary/aromatic N) is 2. The van der Waals surface area contributed by atoms with Crippen molar-refractivity contribution >= 4 is 5.91 Å². The average molecular weight is 358 g/mol. The summed E-state index contributed by atoms with van der Waals surface area (Å²) in [5.74, 6) is 0.244. The molecule has 2 atom stereocenters. The smallest absolute Gasteiger partial charge is 0.237 e. The topological polar surface area (TPSA) is 35.6 Å². The van der Waals surface area contributed by atoms with Gasteiger partial charge >= 0.3 is 0 Å². The van der Waals surface area contributed by atoms with E-state index in [0.29, 0.717) is 6.04 Å². The fourth-order valence-electron chi connectivity index (χ4n) is 4.54. The maximum atomic E-state index is 12.8. The van der Waals surface area contributed by atoms with Gasteiger partial charge in [-0.15, -0.1) is 0 Å². The molecule has 0 radical (unpaired) electrons. The van der Waals surface area contributed by atoms with Gasteiger partial charge in [-0.05, 0) is 56.3 Å². The lowest BCUT2D eigenvalue weighted by molar-refractivity contribution is -0.128. The van der Waals surface area contributed by atoms with Crippen molar-refractivity contribution in [1.82, 2.24) is 15.1 Å². The molecule has 4 nitrogen and oxygen atoms in total. The van der Waals surface area contributed by atoms with Gasteiger partial charge in [0.25, 0.3) is 0 Å². The number of amides is 1. The molecule has 0 aliphatic carbocycles. The van der Waals surface area contributed by atoms with Crippen LogP contribution in [-0.4, -0.2) is 54.0 Å². The van der Waals surface area contributed by atoms with E-state index in [0.717, 1.165) is 58.4 Å². The molecule has 1 amide bonds. The second-order valence-corrected chi connectivity index (χ2v) is 7.84. The fourth-order valence-corrected chi connectivity index (χ4v) is 4.54. The first-order valence-electron chi connectivity index (χ1n) is 10.6. The highest BCUT2D eigenvalue weighted by molar-refractivity contribution is 5.81. The number of piperidine rings is 1. The highest BCUT2D eigenvalue weighted by Crippen LogP contribution is 2.21. The van der Waals surface area contributed by atoms with E-state index in [9.17, 15) is 4.79 Å². The predicted octanol–water partition coefficient (Wildman–Crippen LogP) is 3.20. The van der Waals surface area contributed by atoms with E-state index in [2.05, 4.69) is 53.2 Å². The van der Waals surface area contributed by atoms with E-state index in [4.69, 9.17) is 0 Å². The molecule has 26 heavy (non-hydrogen) atoms. The van der Waals surface area contributed by atoms with Crippen LogP contribution < -0.4 is 5.32 Å².